The summed E-state index contributed by atoms with van der Waals surface area (Å²) < 4.78 is 0. The molecule has 1 saturated heterocycles. The van der Waals surface area contributed by atoms with E-state index in [1.807, 2.05) is 0 Å². The normalized spacial score (nSPS) is 44.0. The second kappa shape index (κ2) is 3.26. The summed E-state index contributed by atoms with van der Waals surface area (Å²) in [7, 11) is 0. The molecule has 3 aliphatic carbocycles. The fourth-order valence-electron chi connectivity index (χ4n) is 4.28. The summed E-state index contributed by atoms with van der Waals surface area (Å²) in [6.07, 6.45) is 15.0. The molecule has 1 N–H and O–H groups in total. The Morgan fingerprint density at radius 2 is 2.19 bits per heavy atom. The number of hydrogen-bond acceptors (Lipinski definition) is 1. The van der Waals surface area contributed by atoms with Crippen molar-refractivity contribution in [2.24, 2.45) is 23.7 Å². The number of piperidine rings is 1. The first-order valence-electron chi connectivity index (χ1n) is 6.74. The monoisotopic (exact) mass is 213 g/mol. The van der Waals surface area contributed by atoms with Gasteiger partial charge in [-0.05, 0) is 55.1 Å². The van der Waals surface area contributed by atoms with E-state index >= 15 is 0 Å². The van der Waals surface area contributed by atoms with Gasteiger partial charge in [0.1, 0.15) is 0 Å². The maximum Gasteiger partial charge on any atom is 0.0172 e. The Morgan fingerprint density at radius 1 is 1.19 bits per heavy atom. The van der Waals surface area contributed by atoms with E-state index < -0.39 is 0 Å². The summed E-state index contributed by atoms with van der Waals surface area (Å²) in [4.78, 5) is 0. The third kappa shape index (κ3) is 1.17. The lowest BCUT2D eigenvalue weighted by molar-refractivity contribution is 0.125. The number of rotatable bonds is 0. The summed E-state index contributed by atoms with van der Waals surface area (Å²) in [6, 6.07) is 0. The molecule has 84 valence electrons. The standard InChI is InChI=1S/C15H19N/c1-2-4-12-11(3-1)8-15-14-7-10(9-16-15)5-6-13(12)14/h1-3,8,10,12-14,16H,4-7,9H2. The Morgan fingerprint density at radius 3 is 3.19 bits per heavy atom. The predicted molar refractivity (Wildman–Crippen MR) is 65.7 cm³/mol. The highest BCUT2D eigenvalue weighted by molar-refractivity contribution is 5.38. The Bertz CT molecular complexity index is 402. The summed E-state index contributed by atoms with van der Waals surface area (Å²) in [5.74, 6) is 3.59. The zero-order valence-corrected chi connectivity index (χ0v) is 9.65. The smallest absolute Gasteiger partial charge is 0.0172 e. The molecule has 16 heavy (non-hydrogen) atoms. The van der Waals surface area contributed by atoms with Crippen LogP contribution in [0.15, 0.2) is 35.6 Å². The average molecular weight is 213 g/mol. The van der Waals surface area contributed by atoms with Crippen molar-refractivity contribution < 1.29 is 0 Å². The molecule has 1 heteroatoms. The molecule has 4 unspecified atom stereocenters. The highest BCUT2D eigenvalue weighted by atomic mass is 14.9. The molecule has 0 aromatic carbocycles. The third-order valence-electron chi connectivity index (χ3n) is 5.09. The topological polar surface area (TPSA) is 12.0 Å². The van der Waals surface area contributed by atoms with Gasteiger partial charge >= 0.3 is 0 Å². The van der Waals surface area contributed by atoms with Crippen LogP contribution in [0.1, 0.15) is 25.7 Å². The van der Waals surface area contributed by atoms with Crippen molar-refractivity contribution in [2.45, 2.75) is 25.7 Å². The molecule has 0 aromatic rings. The molecule has 1 nitrogen and oxygen atoms in total. The summed E-state index contributed by atoms with van der Waals surface area (Å²) in [5.41, 5.74) is 3.14. The minimum absolute atomic E-state index is 0.833. The van der Waals surface area contributed by atoms with Gasteiger partial charge < -0.3 is 5.32 Å². The van der Waals surface area contributed by atoms with Crippen LogP contribution >= 0.6 is 0 Å². The van der Waals surface area contributed by atoms with E-state index in [0.29, 0.717) is 0 Å². The molecule has 4 atom stereocenters. The zero-order chi connectivity index (χ0) is 10.5. The Kier molecular flexibility index (Phi) is 1.85. The minimum Gasteiger partial charge on any atom is -0.388 e. The lowest BCUT2D eigenvalue weighted by atomic mass is 9.60. The number of fused-ring (bicyclic) bond motifs is 3. The van der Waals surface area contributed by atoms with E-state index in [4.69, 9.17) is 0 Å². The average Bonchev–Trinajstić information content (AvgIpc) is 2.36. The van der Waals surface area contributed by atoms with Crippen LogP contribution in [0.4, 0.5) is 0 Å². The molecule has 0 aromatic heterocycles. The highest BCUT2D eigenvalue weighted by Crippen LogP contribution is 2.50. The second-order valence-corrected chi connectivity index (χ2v) is 5.87. The van der Waals surface area contributed by atoms with Gasteiger partial charge in [-0.25, -0.2) is 0 Å². The molecule has 4 aliphatic rings. The van der Waals surface area contributed by atoms with Gasteiger partial charge in [0.25, 0.3) is 0 Å². The van der Waals surface area contributed by atoms with E-state index in [0.717, 1.165) is 23.7 Å². The zero-order valence-electron chi connectivity index (χ0n) is 9.65. The third-order valence-corrected chi connectivity index (χ3v) is 5.09. The molecule has 1 heterocycles. The molecule has 0 spiro atoms. The molecular formula is C15H19N. The van der Waals surface area contributed by atoms with Gasteiger partial charge in [0.05, 0.1) is 0 Å². The van der Waals surface area contributed by atoms with Crippen molar-refractivity contribution in [1.29, 1.82) is 0 Å². The van der Waals surface area contributed by atoms with E-state index in [1.165, 1.54) is 32.2 Å². The maximum atomic E-state index is 3.68. The van der Waals surface area contributed by atoms with Gasteiger partial charge in [0.15, 0.2) is 0 Å². The van der Waals surface area contributed by atoms with Crippen molar-refractivity contribution in [2.75, 3.05) is 6.54 Å². The van der Waals surface area contributed by atoms with E-state index in [9.17, 15) is 0 Å². The van der Waals surface area contributed by atoms with Crippen LogP contribution in [-0.4, -0.2) is 6.54 Å². The van der Waals surface area contributed by atoms with Gasteiger partial charge in [0.2, 0.25) is 0 Å². The first kappa shape index (κ1) is 9.09. The number of nitrogens with one attached hydrogen (secondary N) is 1. The first-order valence-corrected chi connectivity index (χ1v) is 6.74. The van der Waals surface area contributed by atoms with Gasteiger partial charge in [-0.2, -0.15) is 0 Å². The molecule has 2 fully saturated rings. The second-order valence-electron chi connectivity index (χ2n) is 5.87. The number of allylic oxidation sites excluding steroid dienone is 6. The fourth-order valence-corrected chi connectivity index (χ4v) is 4.28. The molecule has 1 aliphatic heterocycles. The maximum absolute atomic E-state index is 3.68. The molecule has 0 amide bonds. The lowest BCUT2D eigenvalue weighted by Gasteiger charge is -2.49. The largest absolute Gasteiger partial charge is 0.388 e. The van der Waals surface area contributed by atoms with E-state index in [2.05, 4.69) is 29.6 Å². The first-order chi connectivity index (χ1) is 7.92. The minimum atomic E-state index is 0.833. The quantitative estimate of drug-likeness (QED) is 0.652. The van der Waals surface area contributed by atoms with Crippen LogP contribution in [-0.2, 0) is 0 Å². The Balaban J connectivity index is 1.79. The van der Waals surface area contributed by atoms with Crippen molar-refractivity contribution in [3.63, 3.8) is 0 Å². The van der Waals surface area contributed by atoms with Crippen LogP contribution in [0.3, 0.4) is 0 Å². The highest BCUT2D eigenvalue weighted by Gasteiger charge is 2.43. The SMILES string of the molecule is C1=CCC2C(=C1)C=C1NCC3CCC2C1C3. The van der Waals surface area contributed by atoms with Crippen molar-refractivity contribution in [3.05, 3.63) is 35.6 Å². The van der Waals surface area contributed by atoms with Crippen LogP contribution in [0.2, 0.25) is 0 Å². The van der Waals surface area contributed by atoms with Crippen LogP contribution in [0.25, 0.3) is 0 Å². The van der Waals surface area contributed by atoms with Gasteiger partial charge in [-0.3, -0.25) is 0 Å². The van der Waals surface area contributed by atoms with Gasteiger partial charge in [0, 0.05) is 18.2 Å². The molecule has 4 rings (SSSR count). The molecular weight excluding hydrogens is 194 g/mol. The predicted octanol–water partition coefficient (Wildman–Crippen LogP) is 3.02. The van der Waals surface area contributed by atoms with Crippen LogP contribution < -0.4 is 5.32 Å². The van der Waals surface area contributed by atoms with Crippen molar-refractivity contribution in [3.8, 4) is 0 Å². The van der Waals surface area contributed by atoms with Crippen molar-refractivity contribution >= 4 is 0 Å². The number of hydrogen-bond donors (Lipinski definition) is 1. The van der Waals surface area contributed by atoms with Crippen molar-refractivity contribution in [1.82, 2.24) is 5.32 Å². The Hall–Kier alpha value is -0.980. The molecule has 1 saturated carbocycles. The van der Waals surface area contributed by atoms with E-state index in [1.54, 1.807) is 11.3 Å². The van der Waals surface area contributed by atoms with Gasteiger partial charge in [-0.1, -0.05) is 18.2 Å². The lowest BCUT2D eigenvalue weighted by Crippen LogP contribution is -2.46. The molecule has 2 bridgehead atoms. The van der Waals surface area contributed by atoms with E-state index in [-0.39, 0.29) is 0 Å². The van der Waals surface area contributed by atoms with Crippen LogP contribution in [0, 0.1) is 23.7 Å². The van der Waals surface area contributed by atoms with Crippen LogP contribution in [0.5, 0.6) is 0 Å². The summed E-state index contributed by atoms with van der Waals surface area (Å²) in [6.45, 7) is 1.23. The molecule has 0 radical (unpaired) electrons. The summed E-state index contributed by atoms with van der Waals surface area (Å²) >= 11 is 0. The Labute approximate surface area is 97.3 Å². The summed E-state index contributed by atoms with van der Waals surface area (Å²) in [5, 5.41) is 3.68. The van der Waals surface area contributed by atoms with Gasteiger partial charge in [-0.15, -0.1) is 0 Å². The fraction of sp³-hybridized carbons (Fsp3) is 0.600.